The zero-order valence-electron chi connectivity index (χ0n) is 15.7. The van der Waals surface area contributed by atoms with Crippen molar-refractivity contribution in [3.63, 3.8) is 0 Å². The first kappa shape index (κ1) is 19.7. The predicted molar refractivity (Wildman–Crippen MR) is 104 cm³/mol. The molecule has 2 aromatic carbocycles. The van der Waals surface area contributed by atoms with Crippen LogP contribution in [0.2, 0.25) is 0 Å². The molecule has 0 unspecified atom stereocenters. The molecular weight excluding hydrogens is 382 g/mol. The summed E-state index contributed by atoms with van der Waals surface area (Å²) in [5, 5.41) is 2.79. The Morgan fingerprint density at radius 1 is 1.14 bits per heavy atom. The Hall–Kier alpha value is -3.07. The van der Waals surface area contributed by atoms with Crippen molar-refractivity contribution < 1.29 is 22.7 Å². The Labute approximate surface area is 163 Å². The van der Waals surface area contributed by atoms with E-state index in [1.54, 1.807) is 51.5 Å². The summed E-state index contributed by atoms with van der Waals surface area (Å²) in [4.78, 5) is 16.8. The minimum absolute atomic E-state index is 0.159. The predicted octanol–water partition coefficient (Wildman–Crippen LogP) is 1.45. The number of hydrogen-bond donors (Lipinski definition) is 2. The number of carbonyl (C=O) groups excluding carboxylic acids is 1. The van der Waals surface area contributed by atoms with Crippen LogP contribution in [0.1, 0.15) is 18.1 Å². The summed E-state index contributed by atoms with van der Waals surface area (Å²) in [6, 6.07) is 11.1. The van der Waals surface area contributed by atoms with Crippen molar-refractivity contribution in [1.82, 2.24) is 10.0 Å². The smallest absolute Gasteiger partial charge is 0.263 e. The Kier molecular flexibility index (Phi) is 5.55. The van der Waals surface area contributed by atoms with Gasteiger partial charge in [-0.3, -0.25) is 14.5 Å². The molecule has 0 radical (unpaired) electrons. The number of ether oxygens (including phenoxy) is 2. The Bertz CT molecular complexity index is 1030. The first-order chi connectivity index (χ1) is 13.4. The topological polar surface area (TPSA) is 106 Å². The van der Waals surface area contributed by atoms with Crippen molar-refractivity contribution in [2.45, 2.75) is 24.4 Å². The van der Waals surface area contributed by atoms with E-state index in [0.29, 0.717) is 17.1 Å². The van der Waals surface area contributed by atoms with Crippen LogP contribution in [0.3, 0.4) is 0 Å². The molecule has 0 fully saturated rings. The van der Waals surface area contributed by atoms with Gasteiger partial charge in [-0.05, 0) is 36.8 Å². The number of nitrogens with one attached hydrogen (secondary N) is 2. The van der Waals surface area contributed by atoms with E-state index in [2.05, 4.69) is 15.0 Å². The molecule has 8 nitrogen and oxygen atoms in total. The van der Waals surface area contributed by atoms with Gasteiger partial charge in [0.1, 0.15) is 11.9 Å². The maximum atomic E-state index is 12.4. The molecule has 1 aliphatic heterocycles. The van der Waals surface area contributed by atoms with Gasteiger partial charge in [0.2, 0.25) is 5.91 Å². The average molecular weight is 403 g/mol. The second-order valence-electron chi connectivity index (χ2n) is 6.16. The molecule has 0 spiro atoms. The molecule has 0 saturated heterocycles. The number of sulfonamides is 1. The van der Waals surface area contributed by atoms with Crippen molar-refractivity contribution in [2.24, 2.45) is 4.99 Å². The Morgan fingerprint density at radius 2 is 1.86 bits per heavy atom. The lowest BCUT2D eigenvalue weighted by atomic mass is 10.2. The van der Waals surface area contributed by atoms with Gasteiger partial charge in [-0.25, -0.2) is 8.42 Å². The van der Waals surface area contributed by atoms with Crippen LogP contribution in [0.4, 0.5) is 0 Å². The SMILES string of the molecule is COc1ccc(CNC(=O)[C@H](C)N=C2NS(=O)(=O)c3ccccc32)cc1OC. The number of nitrogens with zero attached hydrogens (tertiary/aromatic N) is 1. The van der Waals surface area contributed by atoms with E-state index in [4.69, 9.17) is 9.47 Å². The summed E-state index contributed by atoms with van der Waals surface area (Å²) in [5.74, 6) is 1.01. The summed E-state index contributed by atoms with van der Waals surface area (Å²) >= 11 is 0. The lowest BCUT2D eigenvalue weighted by Crippen LogP contribution is -2.33. The van der Waals surface area contributed by atoms with Crippen LogP contribution < -0.4 is 19.5 Å². The molecule has 1 atom stereocenters. The molecule has 3 rings (SSSR count). The number of benzene rings is 2. The zero-order valence-corrected chi connectivity index (χ0v) is 16.5. The van der Waals surface area contributed by atoms with Gasteiger partial charge >= 0.3 is 0 Å². The van der Waals surface area contributed by atoms with Crippen molar-refractivity contribution in [3.05, 3.63) is 53.6 Å². The second-order valence-corrected chi connectivity index (χ2v) is 7.81. The number of hydrogen-bond acceptors (Lipinski definition) is 6. The molecule has 2 N–H and O–H groups in total. The number of amides is 1. The van der Waals surface area contributed by atoms with Crippen LogP contribution >= 0.6 is 0 Å². The summed E-state index contributed by atoms with van der Waals surface area (Å²) < 4.78 is 37.1. The van der Waals surface area contributed by atoms with Crippen molar-refractivity contribution in [1.29, 1.82) is 0 Å². The van der Waals surface area contributed by atoms with Crippen molar-refractivity contribution in [3.8, 4) is 11.5 Å². The third kappa shape index (κ3) is 3.94. The van der Waals surface area contributed by atoms with Crippen LogP contribution in [0.5, 0.6) is 11.5 Å². The van der Waals surface area contributed by atoms with Gasteiger partial charge in [0.15, 0.2) is 11.5 Å². The monoisotopic (exact) mass is 403 g/mol. The molecule has 0 aromatic heterocycles. The fraction of sp³-hybridized carbons (Fsp3) is 0.263. The average Bonchev–Trinajstić information content (AvgIpc) is 2.96. The highest BCUT2D eigenvalue weighted by Gasteiger charge is 2.31. The fourth-order valence-electron chi connectivity index (χ4n) is 2.81. The highest BCUT2D eigenvalue weighted by Crippen LogP contribution is 2.27. The summed E-state index contributed by atoms with van der Waals surface area (Å²) in [5.41, 5.74) is 1.29. The molecule has 2 aromatic rings. The van der Waals surface area contributed by atoms with E-state index in [1.165, 1.54) is 6.07 Å². The van der Waals surface area contributed by atoms with Crippen LogP contribution in [-0.2, 0) is 21.4 Å². The molecule has 0 saturated carbocycles. The number of fused-ring (bicyclic) bond motifs is 1. The van der Waals surface area contributed by atoms with E-state index in [0.717, 1.165) is 5.56 Å². The minimum atomic E-state index is -3.63. The summed E-state index contributed by atoms with van der Waals surface area (Å²) in [6.45, 7) is 1.88. The van der Waals surface area contributed by atoms with Crippen LogP contribution in [-0.4, -0.2) is 40.4 Å². The van der Waals surface area contributed by atoms with Gasteiger partial charge in [-0.15, -0.1) is 0 Å². The summed E-state index contributed by atoms with van der Waals surface area (Å²) in [6.07, 6.45) is 0. The van der Waals surface area contributed by atoms with E-state index in [9.17, 15) is 13.2 Å². The standard InChI is InChI=1S/C19H21N3O5S/c1-12(21-18-14-6-4-5-7-17(14)28(24,25)22-18)19(23)20-11-13-8-9-15(26-2)16(10-13)27-3/h4-10,12H,11H2,1-3H3,(H,20,23)(H,21,22)/t12-/m0/s1. The maximum absolute atomic E-state index is 12.4. The normalized spacial score (nSPS) is 16.8. The van der Waals surface area contributed by atoms with Gasteiger partial charge in [0, 0.05) is 12.1 Å². The number of amidine groups is 1. The van der Waals surface area contributed by atoms with Gasteiger partial charge in [0.05, 0.1) is 19.1 Å². The highest BCUT2D eigenvalue weighted by molar-refractivity contribution is 7.90. The third-order valence-electron chi connectivity index (χ3n) is 4.28. The zero-order chi connectivity index (χ0) is 20.3. The second kappa shape index (κ2) is 7.89. The van der Waals surface area contributed by atoms with E-state index >= 15 is 0 Å². The quantitative estimate of drug-likeness (QED) is 0.759. The highest BCUT2D eigenvalue weighted by atomic mass is 32.2. The van der Waals surface area contributed by atoms with Gasteiger partial charge in [0.25, 0.3) is 10.0 Å². The van der Waals surface area contributed by atoms with Crippen molar-refractivity contribution in [2.75, 3.05) is 14.2 Å². The molecule has 1 amide bonds. The fourth-order valence-corrected chi connectivity index (χ4v) is 4.05. The van der Waals surface area contributed by atoms with Gasteiger partial charge in [-0.1, -0.05) is 18.2 Å². The van der Waals surface area contributed by atoms with E-state index < -0.39 is 16.1 Å². The van der Waals surface area contributed by atoms with Crippen LogP contribution in [0.25, 0.3) is 0 Å². The van der Waals surface area contributed by atoms with E-state index in [1.807, 2.05) is 6.07 Å². The number of rotatable bonds is 6. The number of carbonyl (C=O) groups is 1. The molecule has 1 heterocycles. The van der Waals surface area contributed by atoms with Crippen molar-refractivity contribution >= 4 is 21.8 Å². The van der Waals surface area contributed by atoms with Gasteiger partial charge in [-0.2, -0.15) is 0 Å². The first-order valence-electron chi connectivity index (χ1n) is 8.54. The lowest BCUT2D eigenvalue weighted by Gasteiger charge is -2.12. The number of methoxy groups -OCH3 is 2. The molecule has 0 aliphatic carbocycles. The third-order valence-corrected chi connectivity index (χ3v) is 5.68. The molecular formula is C19H21N3O5S. The molecule has 148 valence electrons. The molecule has 9 heteroatoms. The summed E-state index contributed by atoms with van der Waals surface area (Å²) in [7, 11) is -0.542. The van der Waals surface area contributed by atoms with Crippen LogP contribution in [0, 0.1) is 0 Å². The van der Waals surface area contributed by atoms with Crippen LogP contribution in [0.15, 0.2) is 52.4 Å². The number of aliphatic imine (C=N–C) groups is 1. The Balaban J connectivity index is 1.70. The Morgan fingerprint density at radius 3 is 2.57 bits per heavy atom. The largest absolute Gasteiger partial charge is 0.493 e. The maximum Gasteiger partial charge on any atom is 0.263 e. The van der Waals surface area contributed by atoms with E-state index in [-0.39, 0.29) is 23.2 Å². The first-order valence-corrected chi connectivity index (χ1v) is 10.0. The lowest BCUT2D eigenvalue weighted by molar-refractivity contribution is -0.122. The molecule has 28 heavy (non-hydrogen) atoms. The molecule has 0 bridgehead atoms. The van der Waals surface area contributed by atoms with Gasteiger partial charge < -0.3 is 14.8 Å². The minimum Gasteiger partial charge on any atom is -0.493 e. The molecule has 1 aliphatic rings.